The number of aryl methyl sites for hydroxylation is 2. The molecule has 0 aromatic heterocycles. The third-order valence-electron chi connectivity index (χ3n) is 5.13. The smallest absolute Gasteiger partial charge is 0.261 e. The zero-order chi connectivity index (χ0) is 25.6. The average Bonchev–Trinajstić information content (AvgIpc) is 2.81. The molecule has 35 heavy (non-hydrogen) atoms. The van der Waals surface area contributed by atoms with Crippen LogP contribution in [0.5, 0.6) is 11.5 Å². The number of carbonyl (C=O) groups excluding carboxylic acids is 1. The summed E-state index contributed by atoms with van der Waals surface area (Å²) < 4.78 is 39.3. The van der Waals surface area contributed by atoms with Crippen LogP contribution in [0.2, 0.25) is 0 Å². The Morgan fingerprint density at radius 1 is 0.943 bits per heavy atom. The second kappa shape index (κ2) is 11.1. The molecule has 0 aliphatic heterocycles. The van der Waals surface area contributed by atoms with E-state index in [1.54, 1.807) is 37.5 Å². The van der Waals surface area contributed by atoms with Crippen molar-refractivity contribution in [1.82, 2.24) is 0 Å². The number of hydrogen-bond donors (Lipinski definition) is 2. The maximum Gasteiger partial charge on any atom is 0.261 e. The summed E-state index contributed by atoms with van der Waals surface area (Å²) in [7, 11) is -2.21. The van der Waals surface area contributed by atoms with E-state index < -0.39 is 10.0 Å². The maximum absolute atomic E-state index is 12.8. The summed E-state index contributed by atoms with van der Waals surface area (Å²) in [6.07, 6.45) is 3.06. The van der Waals surface area contributed by atoms with Gasteiger partial charge in [0.15, 0.2) is 11.5 Å². The summed E-state index contributed by atoms with van der Waals surface area (Å²) in [6, 6.07) is 17.0. The molecule has 0 aliphatic rings. The Morgan fingerprint density at radius 2 is 1.60 bits per heavy atom. The van der Waals surface area contributed by atoms with E-state index >= 15 is 0 Å². The standard InChI is InChI=1S/C27H30N2O5S/c1-18(2)34-24-15-9-21(17-25(24)33-5)10-16-26(30)28-22-11-13-23(14-12-22)35(31,32)29-27-19(3)7-6-8-20(27)4/h6-18,29H,1-5H3,(H,28,30)/b16-10+. The number of carbonyl (C=O) groups is 1. The van der Waals surface area contributed by atoms with Crippen LogP contribution in [0.3, 0.4) is 0 Å². The van der Waals surface area contributed by atoms with Crippen molar-refractivity contribution < 1.29 is 22.7 Å². The molecular weight excluding hydrogens is 464 g/mol. The molecule has 2 N–H and O–H groups in total. The van der Waals surface area contributed by atoms with E-state index in [9.17, 15) is 13.2 Å². The lowest BCUT2D eigenvalue weighted by Crippen LogP contribution is -2.15. The van der Waals surface area contributed by atoms with Gasteiger partial charge in [-0.15, -0.1) is 0 Å². The number of ether oxygens (including phenoxy) is 2. The molecule has 1 amide bonds. The van der Waals surface area contributed by atoms with Crippen LogP contribution in [-0.2, 0) is 14.8 Å². The predicted octanol–water partition coefficient (Wildman–Crippen LogP) is 5.55. The normalized spacial score (nSPS) is 11.5. The van der Waals surface area contributed by atoms with Crippen LogP contribution < -0.4 is 19.5 Å². The number of benzene rings is 3. The van der Waals surface area contributed by atoms with Crippen LogP contribution in [-0.4, -0.2) is 27.5 Å². The lowest BCUT2D eigenvalue weighted by molar-refractivity contribution is -0.111. The van der Waals surface area contributed by atoms with Crippen LogP contribution in [0.25, 0.3) is 6.08 Å². The number of para-hydroxylation sites is 1. The summed E-state index contributed by atoms with van der Waals surface area (Å²) in [4.78, 5) is 12.5. The van der Waals surface area contributed by atoms with E-state index in [0.29, 0.717) is 22.9 Å². The number of sulfonamides is 1. The average molecular weight is 495 g/mol. The van der Waals surface area contributed by atoms with Crippen molar-refractivity contribution in [2.24, 2.45) is 0 Å². The van der Waals surface area contributed by atoms with Gasteiger partial charge in [0.2, 0.25) is 5.91 Å². The first kappa shape index (κ1) is 25.8. The van der Waals surface area contributed by atoms with E-state index in [1.807, 2.05) is 52.0 Å². The highest BCUT2D eigenvalue weighted by Crippen LogP contribution is 2.29. The predicted molar refractivity (Wildman–Crippen MR) is 140 cm³/mol. The summed E-state index contributed by atoms with van der Waals surface area (Å²) in [5, 5.41) is 2.73. The topological polar surface area (TPSA) is 93.7 Å². The van der Waals surface area contributed by atoms with E-state index in [2.05, 4.69) is 10.0 Å². The van der Waals surface area contributed by atoms with Crippen molar-refractivity contribution in [3.05, 3.63) is 83.4 Å². The fourth-order valence-electron chi connectivity index (χ4n) is 3.38. The van der Waals surface area contributed by atoms with Crippen molar-refractivity contribution in [3.63, 3.8) is 0 Å². The molecule has 0 fully saturated rings. The van der Waals surface area contributed by atoms with Crippen molar-refractivity contribution >= 4 is 33.4 Å². The fourth-order valence-corrected chi connectivity index (χ4v) is 4.58. The number of methoxy groups -OCH3 is 1. The summed E-state index contributed by atoms with van der Waals surface area (Å²) in [6.45, 7) is 7.56. The number of hydrogen-bond acceptors (Lipinski definition) is 5. The number of rotatable bonds is 9. The van der Waals surface area contributed by atoms with Gasteiger partial charge in [0, 0.05) is 11.8 Å². The first-order valence-electron chi connectivity index (χ1n) is 11.1. The molecule has 0 unspecified atom stereocenters. The van der Waals surface area contributed by atoms with Gasteiger partial charge in [0.25, 0.3) is 10.0 Å². The molecule has 3 rings (SSSR count). The maximum atomic E-state index is 12.8. The minimum absolute atomic E-state index is 0.0137. The Labute approximate surface area is 206 Å². The van der Waals surface area contributed by atoms with E-state index in [1.165, 1.54) is 18.2 Å². The van der Waals surface area contributed by atoms with Gasteiger partial charge in [-0.2, -0.15) is 0 Å². The molecule has 0 heterocycles. The van der Waals surface area contributed by atoms with E-state index in [0.717, 1.165) is 16.7 Å². The summed E-state index contributed by atoms with van der Waals surface area (Å²) in [5.74, 6) is 0.856. The van der Waals surface area contributed by atoms with Gasteiger partial charge in [-0.1, -0.05) is 24.3 Å². The second-order valence-corrected chi connectivity index (χ2v) is 9.98. The molecule has 0 aliphatic carbocycles. The first-order chi connectivity index (χ1) is 16.6. The van der Waals surface area contributed by atoms with E-state index in [-0.39, 0.29) is 16.9 Å². The minimum Gasteiger partial charge on any atom is -0.493 e. The van der Waals surface area contributed by atoms with Crippen LogP contribution in [0, 0.1) is 13.8 Å². The van der Waals surface area contributed by atoms with Crippen molar-refractivity contribution in [1.29, 1.82) is 0 Å². The van der Waals surface area contributed by atoms with Crippen molar-refractivity contribution in [2.75, 3.05) is 17.1 Å². The zero-order valence-electron chi connectivity index (χ0n) is 20.5. The Hall–Kier alpha value is -3.78. The van der Waals surface area contributed by atoms with E-state index in [4.69, 9.17) is 9.47 Å². The van der Waals surface area contributed by atoms with Gasteiger partial charge < -0.3 is 14.8 Å². The SMILES string of the molecule is COc1cc(/C=C/C(=O)Nc2ccc(S(=O)(=O)Nc3c(C)cccc3C)cc2)ccc1OC(C)C. The highest BCUT2D eigenvalue weighted by Gasteiger charge is 2.16. The molecule has 0 saturated carbocycles. The van der Waals surface area contributed by atoms with Gasteiger partial charge in [0.1, 0.15) is 0 Å². The van der Waals surface area contributed by atoms with Crippen LogP contribution >= 0.6 is 0 Å². The molecule has 184 valence electrons. The van der Waals surface area contributed by atoms with Crippen molar-refractivity contribution in [3.8, 4) is 11.5 Å². The van der Waals surface area contributed by atoms with Gasteiger partial charge >= 0.3 is 0 Å². The fraction of sp³-hybridized carbons (Fsp3) is 0.222. The first-order valence-corrected chi connectivity index (χ1v) is 12.6. The molecule has 0 bridgehead atoms. The Balaban J connectivity index is 1.66. The number of nitrogens with one attached hydrogen (secondary N) is 2. The summed E-state index contributed by atoms with van der Waals surface area (Å²) >= 11 is 0. The van der Waals surface area contributed by atoms with Crippen LogP contribution in [0.4, 0.5) is 11.4 Å². The van der Waals surface area contributed by atoms with Gasteiger partial charge in [-0.05, 0) is 86.9 Å². The molecular formula is C27H30N2O5S. The minimum atomic E-state index is -3.77. The van der Waals surface area contributed by atoms with Gasteiger partial charge in [-0.25, -0.2) is 8.42 Å². The number of anilines is 2. The molecule has 0 atom stereocenters. The van der Waals surface area contributed by atoms with Crippen LogP contribution in [0.1, 0.15) is 30.5 Å². The van der Waals surface area contributed by atoms with Gasteiger partial charge in [-0.3, -0.25) is 9.52 Å². The monoisotopic (exact) mass is 494 g/mol. The van der Waals surface area contributed by atoms with Crippen molar-refractivity contribution in [2.45, 2.75) is 38.7 Å². The molecule has 0 radical (unpaired) electrons. The molecule has 8 heteroatoms. The highest BCUT2D eigenvalue weighted by molar-refractivity contribution is 7.92. The molecule has 3 aromatic rings. The quantitative estimate of drug-likeness (QED) is 0.380. The third kappa shape index (κ3) is 6.86. The second-order valence-electron chi connectivity index (χ2n) is 8.30. The molecule has 7 nitrogen and oxygen atoms in total. The Kier molecular flexibility index (Phi) is 8.19. The Bertz CT molecular complexity index is 1310. The number of amides is 1. The lowest BCUT2D eigenvalue weighted by Gasteiger charge is -2.14. The van der Waals surface area contributed by atoms with Crippen LogP contribution in [0.15, 0.2) is 71.6 Å². The molecule has 0 spiro atoms. The highest BCUT2D eigenvalue weighted by atomic mass is 32.2. The lowest BCUT2D eigenvalue weighted by atomic mass is 10.1. The molecule has 0 saturated heterocycles. The Morgan fingerprint density at radius 3 is 2.20 bits per heavy atom. The summed E-state index contributed by atoms with van der Waals surface area (Å²) in [5.41, 5.74) is 3.49. The zero-order valence-corrected chi connectivity index (χ0v) is 21.3. The molecule has 3 aromatic carbocycles. The largest absolute Gasteiger partial charge is 0.493 e. The third-order valence-corrected chi connectivity index (χ3v) is 6.49. The van der Waals surface area contributed by atoms with Gasteiger partial charge in [0.05, 0.1) is 23.8 Å².